The SMILES string of the molecule is CCCNC(=O)c1cc(NCc2ccccc2F)ccn1. The number of nitrogens with zero attached hydrogens (tertiary/aromatic N) is 1. The number of pyridine rings is 1. The third-order valence-corrected chi connectivity index (χ3v) is 2.97. The van der Waals surface area contributed by atoms with E-state index < -0.39 is 0 Å². The Morgan fingerprint density at radius 3 is 2.86 bits per heavy atom. The van der Waals surface area contributed by atoms with Gasteiger partial charge < -0.3 is 10.6 Å². The molecule has 110 valence electrons. The zero-order valence-corrected chi connectivity index (χ0v) is 11.9. The summed E-state index contributed by atoms with van der Waals surface area (Å²) in [7, 11) is 0. The molecule has 2 N–H and O–H groups in total. The van der Waals surface area contributed by atoms with Gasteiger partial charge in [0.05, 0.1) is 0 Å². The maximum Gasteiger partial charge on any atom is 0.269 e. The molecule has 0 unspecified atom stereocenters. The molecule has 0 saturated carbocycles. The second kappa shape index (κ2) is 7.38. The average molecular weight is 287 g/mol. The monoisotopic (exact) mass is 287 g/mol. The summed E-state index contributed by atoms with van der Waals surface area (Å²) in [5.74, 6) is -0.452. The van der Waals surface area contributed by atoms with Gasteiger partial charge in [0.2, 0.25) is 0 Å². The highest BCUT2D eigenvalue weighted by molar-refractivity contribution is 5.93. The summed E-state index contributed by atoms with van der Waals surface area (Å²) >= 11 is 0. The molecule has 1 aromatic carbocycles. The lowest BCUT2D eigenvalue weighted by molar-refractivity contribution is 0.0948. The van der Waals surface area contributed by atoms with Crippen LogP contribution in [0.3, 0.4) is 0 Å². The van der Waals surface area contributed by atoms with Crippen LogP contribution in [0.15, 0.2) is 42.6 Å². The van der Waals surface area contributed by atoms with Gasteiger partial charge in [-0.1, -0.05) is 25.1 Å². The predicted octanol–water partition coefficient (Wildman–Crippen LogP) is 2.97. The highest BCUT2D eigenvalue weighted by Gasteiger charge is 2.07. The molecule has 1 heterocycles. The van der Waals surface area contributed by atoms with Gasteiger partial charge in [-0.15, -0.1) is 0 Å². The molecule has 0 aliphatic rings. The first-order valence-electron chi connectivity index (χ1n) is 6.92. The summed E-state index contributed by atoms with van der Waals surface area (Å²) in [5, 5.41) is 5.86. The smallest absolute Gasteiger partial charge is 0.269 e. The number of hydrogen-bond acceptors (Lipinski definition) is 3. The Morgan fingerprint density at radius 1 is 1.29 bits per heavy atom. The quantitative estimate of drug-likeness (QED) is 0.859. The fourth-order valence-electron chi connectivity index (χ4n) is 1.83. The first kappa shape index (κ1) is 15.0. The van der Waals surface area contributed by atoms with Crippen molar-refractivity contribution in [3.8, 4) is 0 Å². The van der Waals surface area contributed by atoms with E-state index >= 15 is 0 Å². The van der Waals surface area contributed by atoms with Gasteiger partial charge in [-0.05, 0) is 24.6 Å². The second-order valence-electron chi connectivity index (χ2n) is 4.63. The van der Waals surface area contributed by atoms with E-state index in [2.05, 4.69) is 15.6 Å². The van der Waals surface area contributed by atoms with E-state index in [4.69, 9.17) is 0 Å². The minimum Gasteiger partial charge on any atom is -0.381 e. The van der Waals surface area contributed by atoms with Crippen molar-refractivity contribution in [2.45, 2.75) is 19.9 Å². The van der Waals surface area contributed by atoms with Crippen LogP contribution in [0.2, 0.25) is 0 Å². The number of anilines is 1. The summed E-state index contributed by atoms with van der Waals surface area (Å²) in [6.45, 7) is 2.96. The standard InChI is InChI=1S/C16H18FN3O/c1-2-8-19-16(21)15-10-13(7-9-18-15)20-11-12-5-3-4-6-14(12)17/h3-7,9-10H,2,8,11H2,1H3,(H,18,20)(H,19,21). The van der Waals surface area contributed by atoms with Crippen LogP contribution in [0.4, 0.5) is 10.1 Å². The van der Waals surface area contributed by atoms with E-state index in [1.165, 1.54) is 6.07 Å². The van der Waals surface area contributed by atoms with Crippen LogP contribution >= 0.6 is 0 Å². The molecule has 1 aromatic heterocycles. The summed E-state index contributed by atoms with van der Waals surface area (Å²) in [6, 6.07) is 9.99. The zero-order valence-electron chi connectivity index (χ0n) is 11.9. The van der Waals surface area contributed by atoms with Crippen molar-refractivity contribution in [3.63, 3.8) is 0 Å². The minimum atomic E-state index is -0.250. The van der Waals surface area contributed by atoms with Crippen LogP contribution in [0.1, 0.15) is 29.4 Å². The molecule has 0 atom stereocenters. The Hall–Kier alpha value is -2.43. The lowest BCUT2D eigenvalue weighted by Gasteiger charge is -2.09. The van der Waals surface area contributed by atoms with E-state index in [1.54, 1.807) is 36.5 Å². The van der Waals surface area contributed by atoms with E-state index in [9.17, 15) is 9.18 Å². The Morgan fingerprint density at radius 2 is 2.10 bits per heavy atom. The van der Waals surface area contributed by atoms with E-state index in [0.717, 1.165) is 12.1 Å². The molecule has 0 radical (unpaired) electrons. The van der Waals surface area contributed by atoms with Crippen molar-refractivity contribution in [1.29, 1.82) is 0 Å². The van der Waals surface area contributed by atoms with Gasteiger partial charge in [-0.2, -0.15) is 0 Å². The normalized spacial score (nSPS) is 10.2. The molecule has 0 saturated heterocycles. The summed E-state index contributed by atoms with van der Waals surface area (Å²) in [6.07, 6.45) is 2.43. The lowest BCUT2D eigenvalue weighted by atomic mass is 10.2. The Labute approximate surface area is 123 Å². The molecular weight excluding hydrogens is 269 g/mol. The molecule has 0 aliphatic carbocycles. The maximum atomic E-state index is 13.5. The van der Waals surface area contributed by atoms with Crippen molar-refractivity contribution < 1.29 is 9.18 Å². The molecule has 2 aromatic rings. The van der Waals surface area contributed by atoms with Crippen molar-refractivity contribution >= 4 is 11.6 Å². The van der Waals surface area contributed by atoms with Crippen LogP contribution in [-0.2, 0) is 6.54 Å². The van der Waals surface area contributed by atoms with Crippen LogP contribution in [0, 0.1) is 5.82 Å². The number of benzene rings is 1. The van der Waals surface area contributed by atoms with Gasteiger partial charge >= 0.3 is 0 Å². The second-order valence-corrected chi connectivity index (χ2v) is 4.63. The first-order valence-corrected chi connectivity index (χ1v) is 6.92. The third-order valence-electron chi connectivity index (χ3n) is 2.97. The number of aromatic nitrogens is 1. The fraction of sp³-hybridized carbons (Fsp3) is 0.250. The van der Waals surface area contributed by atoms with Gasteiger partial charge in [-0.3, -0.25) is 9.78 Å². The van der Waals surface area contributed by atoms with Gasteiger partial charge in [0.15, 0.2) is 0 Å². The van der Waals surface area contributed by atoms with Crippen LogP contribution in [0.25, 0.3) is 0 Å². The fourth-order valence-corrected chi connectivity index (χ4v) is 1.83. The molecule has 5 heteroatoms. The van der Waals surface area contributed by atoms with Crippen molar-refractivity contribution in [2.75, 3.05) is 11.9 Å². The summed E-state index contributed by atoms with van der Waals surface area (Å²) < 4.78 is 13.5. The van der Waals surface area contributed by atoms with Crippen molar-refractivity contribution in [1.82, 2.24) is 10.3 Å². The predicted molar refractivity (Wildman–Crippen MR) is 80.6 cm³/mol. The number of carbonyl (C=O) groups is 1. The van der Waals surface area contributed by atoms with Crippen molar-refractivity contribution in [3.05, 3.63) is 59.7 Å². The molecule has 1 amide bonds. The Kier molecular flexibility index (Phi) is 5.26. The van der Waals surface area contributed by atoms with Crippen LogP contribution in [-0.4, -0.2) is 17.4 Å². The van der Waals surface area contributed by atoms with E-state index in [0.29, 0.717) is 24.3 Å². The summed E-state index contributed by atoms with van der Waals surface area (Å²) in [4.78, 5) is 15.9. The lowest BCUT2D eigenvalue weighted by Crippen LogP contribution is -2.24. The molecule has 0 spiro atoms. The van der Waals surface area contributed by atoms with Gasteiger partial charge in [0.1, 0.15) is 11.5 Å². The number of amides is 1. The zero-order chi connectivity index (χ0) is 15.1. The third kappa shape index (κ3) is 4.27. The minimum absolute atomic E-state index is 0.202. The Balaban J connectivity index is 2.01. The number of nitrogens with one attached hydrogen (secondary N) is 2. The number of rotatable bonds is 6. The van der Waals surface area contributed by atoms with E-state index in [1.807, 2.05) is 6.92 Å². The molecule has 2 rings (SSSR count). The molecular formula is C16H18FN3O. The first-order chi connectivity index (χ1) is 10.2. The van der Waals surface area contributed by atoms with Gasteiger partial charge in [0.25, 0.3) is 5.91 Å². The molecule has 0 fully saturated rings. The van der Waals surface area contributed by atoms with Crippen molar-refractivity contribution in [2.24, 2.45) is 0 Å². The largest absolute Gasteiger partial charge is 0.381 e. The molecule has 4 nitrogen and oxygen atoms in total. The number of halogens is 1. The number of carbonyl (C=O) groups excluding carboxylic acids is 1. The Bertz CT molecular complexity index is 616. The highest BCUT2D eigenvalue weighted by Crippen LogP contribution is 2.12. The topological polar surface area (TPSA) is 54.0 Å². The highest BCUT2D eigenvalue weighted by atomic mass is 19.1. The van der Waals surface area contributed by atoms with E-state index in [-0.39, 0.29) is 11.7 Å². The molecule has 0 bridgehead atoms. The maximum absolute atomic E-state index is 13.5. The number of hydrogen-bond donors (Lipinski definition) is 2. The average Bonchev–Trinajstić information content (AvgIpc) is 2.52. The van der Waals surface area contributed by atoms with Crippen LogP contribution in [0.5, 0.6) is 0 Å². The van der Waals surface area contributed by atoms with Gasteiger partial charge in [0, 0.05) is 30.5 Å². The van der Waals surface area contributed by atoms with Gasteiger partial charge in [-0.25, -0.2) is 4.39 Å². The molecule has 21 heavy (non-hydrogen) atoms. The summed E-state index contributed by atoms with van der Waals surface area (Å²) in [5.41, 5.74) is 1.66. The molecule has 0 aliphatic heterocycles. The van der Waals surface area contributed by atoms with Crippen LogP contribution < -0.4 is 10.6 Å².